The van der Waals surface area contributed by atoms with Crippen molar-refractivity contribution in [3.05, 3.63) is 35.9 Å². The van der Waals surface area contributed by atoms with Gasteiger partial charge in [0, 0.05) is 19.1 Å². The van der Waals surface area contributed by atoms with Gasteiger partial charge in [-0.1, -0.05) is 43.7 Å². The number of carbonyl (C=O) groups is 1. The van der Waals surface area contributed by atoms with Crippen LogP contribution in [0.3, 0.4) is 0 Å². The Labute approximate surface area is 150 Å². The third-order valence-electron chi connectivity index (χ3n) is 4.58. The molecule has 0 radical (unpaired) electrons. The van der Waals surface area contributed by atoms with Crippen LogP contribution in [-0.4, -0.2) is 50.2 Å². The van der Waals surface area contributed by atoms with E-state index in [4.69, 9.17) is 5.73 Å². The maximum atomic E-state index is 12.7. The molecule has 0 saturated carbocycles. The van der Waals surface area contributed by atoms with Crippen LogP contribution >= 0.6 is 0 Å². The standard InChI is InChI=1S/C18H29N3O3S/c1-2-3-12-25(23,24)20-14-16-10-7-11-21(16)18(22)17(19)13-15-8-5-4-6-9-15/h4-6,8-9,16-17,20H,2-3,7,10-14,19H2,1H3. The van der Waals surface area contributed by atoms with Crippen LogP contribution in [0.4, 0.5) is 0 Å². The van der Waals surface area contributed by atoms with Crippen LogP contribution in [0.2, 0.25) is 0 Å². The topological polar surface area (TPSA) is 92.5 Å². The van der Waals surface area contributed by atoms with Gasteiger partial charge in [0.15, 0.2) is 0 Å². The fourth-order valence-corrected chi connectivity index (χ4v) is 4.40. The zero-order valence-corrected chi connectivity index (χ0v) is 15.7. The van der Waals surface area contributed by atoms with Crippen molar-refractivity contribution in [3.8, 4) is 0 Å². The summed E-state index contributed by atoms with van der Waals surface area (Å²) < 4.78 is 26.6. The first-order chi connectivity index (χ1) is 11.9. The number of nitrogens with zero attached hydrogens (tertiary/aromatic N) is 1. The SMILES string of the molecule is CCCCS(=O)(=O)NCC1CCCN1C(=O)C(N)Cc1ccccc1. The first-order valence-electron chi connectivity index (χ1n) is 9.00. The Balaban J connectivity index is 1.90. The van der Waals surface area contributed by atoms with E-state index in [1.54, 1.807) is 4.90 Å². The Morgan fingerprint density at radius 3 is 2.76 bits per heavy atom. The van der Waals surface area contributed by atoms with Gasteiger partial charge in [-0.05, 0) is 31.2 Å². The van der Waals surface area contributed by atoms with E-state index in [1.807, 2.05) is 37.3 Å². The number of benzene rings is 1. The summed E-state index contributed by atoms with van der Waals surface area (Å²) in [6, 6.07) is 8.99. The normalized spacial score (nSPS) is 19.1. The molecule has 2 rings (SSSR count). The predicted molar refractivity (Wildman–Crippen MR) is 99.6 cm³/mol. The number of nitrogens with one attached hydrogen (secondary N) is 1. The highest BCUT2D eigenvalue weighted by atomic mass is 32.2. The van der Waals surface area contributed by atoms with Crippen LogP contribution < -0.4 is 10.5 Å². The summed E-state index contributed by atoms with van der Waals surface area (Å²) in [5.74, 6) is 0.0385. The number of amides is 1. The van der Waals surface area contributed by atoms with E-state index in [9.17, 15) is 13.2 Å². The van der Waals surface area contributed by atoms with Gasteiger partial charge in [0.1, 0.15) is 0 Å². The van der Waals surface area contributed by atoms with Crippen LogP contribution in [0.15, 0.2) is 30.3 Å². The minimum Gasteiger partial charge on any atom is -0.337 e. The average Bonchev–Trinajstić information content (AvgIpc) is 3.07. The number of unbranched alkanes of at least 4 members (excludes halogenated alkanes) is 1. The summed E-state index contributed by atoms with van der Waals surface area (Å²) in [6.07, 6.45) is 3.66. The maximum Gasteiger partial charge on any atom is 0.240 e. The van der Waals surface area contributed by atoms with Crippen molar-refractivity contribution in [3.63, 3.8) is 0 Å². The van der Waals surface area contributed by atoms with Gasteiger partial charge in [0.25, 0.3) is 0 Å². The number of hydrogen-bond donors (Lipinski definition) is 2. The average molecular weight is 368 g/mol. The van der Waals surface area contributed by atoms with Gasteiger partial charge in [-0.2, -0.15) is 0 Å². The summed E-state index contributed by atoms with van der Waals surface area (Å²) in [7, 11) is -3.27. The molecule has 1 fully saturated rings. The van der Waals surface area contributed by atoms with Crippen LogP contribution in [0.1, 0.15) is 38.2 Å². The van der Waals surface area contributed by atoms with E-state index in [0.717, 1.165) is 24.8 Å². The summed E-state index contributed by atoms with van der Waals surface area (Å²) in [4.78, 5) is 14.4. The minimum atomic E-state index is -3.27. The fourth-order valence-electron chi connectivity index (χ4n) is 3.14. The monoisotopic (exact) mass is 367 g/mol. The molecule has 6 nitrogen and oxygen atoms in total. The lowest BCUT2D eigenvalue weighted by molar-refractivity contribution is -0.133. The Morgan fingerprint density at radius 1 is 1.36 bits per heavy atom. The molecule has 1 amide bonds. The molecule has 3 N–H and O–H groups in total. The first kappa shape index (κ1) is 19.9. The van der Waals surface area contributed by atoms with Gasteiger partial charge in [-0.15, -0.1) is 0 Å². The fraction of sp³-hybridized carbons (Fsp3) is 0.611. The van der Waals surface area contributed by atoms with E-state index in [2.05, 4.69) is 4.72 Å². The lowest BCUT2D eigenvalue weighted by atomic mass is 10.1. The van der Waals surface area contributed by atoms with Gasteiger partial charge in [-0.3, -0.25) is 4.79 Å². The van der Waals surface area contributed by atoms with E-state index < -0.39 is 16.1 Å². The molecule has 1 aliphatic heterocycles. The molecule has 7 heteroatoms. The molecule has 0 bridgehead atoms. The van der Waals surface area contributed by atoms with Crippen molar-refractivity contribution in [1.82, 2.24) is 9.62 Å². The molecule has 1 saturated heterocycles. The second-order valence-corrected chi connectivity index (χ2v) is 8.57. The Morgan fingerprint density at radius 2 is 2.08 bits per heavy atom. The molecular formula is C18H29N3O3S. The minimum absolute atomic E-state index is 0.0980. The number of rotatable bonds is 9. The maximum absolute atomic E-state index is 12.7. The third kappa shape index (κ3) is 6.09. The largest absolute Gasteiger partial charge is 0.337 e. The zero-order valence-electron chi connectivity index (χ0n) is 14.9. The molecule has 140 valence electrons. The molecule has 0 aromatic heterocycles. The van der Waals surface area contributed by atoms with Crippen molar-refractivity contribution < 1.29 is 13.2 Å². The zero-order chi connectivity index (χ0) is 18.3. The van der Waals surface area contributed by atoms with E-state index in [-0.39, 0.29) is 24.2 Å². The molecule has 1 aromatic carbocycles. The van der Waals surface area contributed by atoms with Crippen LogP contribution in [-0.2, 0) is 21.2 Å². The summed E-state index contributed by atoms with van der Waals surface area (Å²) in [5, 5.41) is 0. The lowest BCUT2D eigenvalue weighted by Crippen LogP contribution is -2.50. The van der Waals surface area contributed by atoms with E-state index in [1.165, 1.54) is 0 Å². The smallest absolute Gasteiger partial charge is 0.240 e. The summed E-state index contributed by atoms with van der Waals surface area (Å²) >= 11 is 0. The van der Waals surface area contributed by atoms with Gasteiger partial charge in [-0.25, -0.2) is 13.1 Å². The molecule has 1 aliphatic rings. The number of nitrogens with two attached hydrogens (primary N) is 1. The second kappa shape index (κ2) is 9.31. The van der Waals surface area contributed by atoms with E-state index in [0.29, 0.717) is 19.4 Å². The van der Waals surface area contributed by atoms with Crippen molar-refractivity contribution in [2.24, 2.45) is 5.73 Å². The van der Waals surface area contributed by atoms with Crippen molar-refractivity contribution >= 4 is 15.9 Å². The molecule has 25 heavy (non-hydrogen) atoms. The lowest BCUT2D eigenvalue weighted by Gasteiger charge is -2.27. The molecule has 0 spiro atoms. The number of carbonyl (C=O) groups excluding carboxylic acids is 1. The highest BCUT2D eigenvalue weighted by Crippen LogP contribution is 2.18. The number of sulfonamides is 1. The quantitative estimate of drug-likeness (QED) is 0.687. The first-order valence-corrected chi connectivity index (χ1v) is 10.7. The highest BCUT2D eigenvalue weighted by Gasteiger charge is 2.32. The van der Waals surface area contributed by atoms with Crippen molar-refractivity contribution in [1.29, 1.82) is 0 Å². The van der Waals surface area contributed by atoms with Gasteiger partial charge in [0.2, 0.25) is 15.9 Å². The Hall–Kier alpha value is -1.44. The van der Waals surface area contributed by atoms with E-state index >= 15 is 0 Å². The highest BCUT2D eigenvalue weighted by molar-refractivity contribution is 7.89. The molecule has 1 heterocycles. The third-order valence-corrected chi connectivity index (χ3v) is 6.01. The second-order valence-electron chi connectivity index (χ2n) is 6.64. The Bertz CT molecular complexity index is 649. The summed E-state index contributed by atoms with van der Waals surface area (Å²) in [6.45, 7) is 2.87. The number of hydrogen-bond acceptors (Lipinski definition) is 4. The molecule has 0 aliphatic carbocycles. The molecule has 1 aromatic rings. The van der Waals surface area contributed by atoms with Gasteiger partial charge >= 0.3 is 0 Å². The van der Waals surface area contributed by atoms with Gasteiger partial charge in [0.05, 0.1) is 11.8 Å². The number of likely N-dealkylation sites (tertiary alicyclic amines) is 1. The predicted octanol–water partition coefficient (Wildman–Crippen LogP) is 1.27. The van der Waals surface area contributed by atoms with Crippen LogP contribution in [0.5, 0.6) is 0 Å². The van der Waals surface area contributed by atoms with Gasteiger partial charge < -0.3 is 10.6 Å². The molecular weight excluding hydrogens is 338 g/mol. The van der Waals surface area contributed by atoms with Crippen molar-refractivity contribution in [2.75, 3.05) is 18.8 Å². The van der Waals surface area contributed by atoms with Crippen molar-refractivity contribution in [2.45, 2.75) is 51.1 Å². The molecule has 2 unspecified atom stereocenters. The van der Waals surface area contributed by atoms with Crippen LogP contribution in [0, 0.1) is 0 Å². The summed E-state index contributed by atoms with van der Waals surface area (Å²) in [5.41, 5.74) is 7.14. The Kier molecular flexibility index (Phi) is 7.40. The van der Waals surface area contributed by atoms with Crippen LogP contribution in [0.25, 0.3) is 0 Å². The molecule has 2 atom stereocenters.